The first-order valence-corrected chi connectivity index (χ1v) is 6.67. The van der Waals surface area contributed by atoms with Gasteiger partial charge in [-0.25, -0.2) is 4.79 Å². The van der Waals surface area contributed by atoms with Crippen LogP contribution in [-0.2, 0) is 4.74 Å². The van der Waals surface area contributed by atoms with Crippen LogP contribution < -0.4 is 9.47 Å². The van der Waals surface area contributed by atoms with Gasteiger partial charge in [0, 0.05) is 13.8 Å². The van der Waals surface area contributed by atoms with Crippen molar-refractivity contribution in [3.8, 4) is 11.5 Å². The van der Waals surface area contributed by atoms with Gasteiger partial charge in [0.05, 0.1) is 10.6 Å². The molecule has 0 atom stereocenters. The molecule has 0 bridgehead atoms. The predicted molar refractivity (Wildman–Crippen MR) is 67.9 cm³/mol. The quantitative estimate of drug-likeness (QED) is 0.786. The Morgan fingerprint density at radius 2 is 2.06 bits per heavy atom. The van der Waals surface area contributed by atoms with Gasteiger partial charge in [-0.1, -0.05) is 0 Å². The van der Waals surface area contributed by atoms with Crippen molar-refractivity contribution in [3.05, 3.63) is 22.2 Å². The SMILES string of the molecule is CC1(C)OC(=O)c2c(OC3CC3)ccc(Br)c2O1. The van der Waals surface area contributed by atoms with Gasteiger partial charge in [0.1, 0.15) is 11.3 Å². The number of cyclic esters (lactones) is 1. The Morgan fingerprint density at radius 1 is 1.33 bits per heavy atom. The monoisotopic (exact) mass is 312 g/mol. The van der Waals surface area contributed by atoms with Crippen LogP contribution >= 0.6 is 15.9 Å². The molecule has 0 saturated heterocycles. The number of esters is 1. The first-order chi connectivity index (χ1) is 8.46. The highest BCUT2D eigenvalue weighted by atomic mass is 79.9. The standard InChI is InChI=1S/C13H13BrO4/c1-13(2)17-11-8(14)5-6-9(16-7-3-4-7)10(11)12(15)18-13/h5-7H,3-4H2,1-2H3. The van der Waals surface area contributed by atoms with Crippen molar-refractivity contribution in [1.29, 1.82) is 0 Å². The molecule has 0 amide bonds. The molecular formula is C13H13BrO4. The van der Waals surface area contributed by atoms with Gasteiger partial charge in [-0.05, 0) is 40.9 Å². The van der Waals surface area contributed by atoms with E-state index in [0.717, 1.165) is 17.3 Å². The van der Waals surface area contributed by atoms with Gasteiger partial charge in [-0.15, -0.1) is 0 Å². The maximum Gasteiger partial charge on any atom is 0.349 e. The Morgan fingerprint density at radius 3 is 2.72 bits per heavy atom. The number of ether oxygens (including phenoxy) is 3. The molecule has 1 aromatic rings. The molecule has 0 spiro atoms. The third kappa shape index (κ3) is 2.07. The van der Waals surface area contributed by atoms with Gasteiger partial charge in [0.15, 0.2) is 5.75 Å². The van der Waals surface area contributed by atoms with E-state index < -0.39 is 11.8 Å². The van der Waals surface area contributed by atoms with Crippen molar-refractivity contribution in [1.82, 2.24) is 0 Å². The van der Waals surface area contributed by atoms with Crippen molar-refractivity contribution in [2.24, 2.45) is 0 Å². The molecule has 0 unspecified atom stereocenters. The van der Waals surface area contributed by atoms with E-state index in [4.69, 9.17) is 14.2 Å². The van der Waals surface area contributed by atoms with E-state index in [1.165, 1.54) is 0 Å². The van der Waals surface area contributed by atoms with Crippen LogP contribution in [0.4, 0.5) is 0 Å². The van der Waals surface area contributed by atoms with Gasteiger partial charge in [0.2, 0.25) is 5.79 Å². The molecule has 3 rings (SSSR count). The van der Waals surface area contributed by atoms with E-state index in [1.54, 1.807) is 19.9 Å². The average molecular weight is 313 g/mol. The molecule has 1 aliphatic heterocycles. The first kappa shape index (κ1) is 11.8. The van der Waals surface area contributed by atoms with Crippen LogP contribution in [0.2, 0.25) is 0 Å². The Balaban J connectivity index is 2.07. The molecule has 0 aromatic heterocycles. The van der Waals surface area contributed by atoms with Crippen LogP contribution in [0.25, 0.3) is 0 Å². The maximum absolute atomic E-state index is 12.1. The molecule has 1 saturated carbocycles. The molecule has 0 N–H and O–H groups in total. The van der Waals surface area contributed by atoms with Crippen LogP contribution in [0, 0.1) is 0 Å². The van der Waals surface area contributed by atoms with Gasteiger partial charge in [-0.3, -0.25) is 0 Å². The molecular weight excluding hydrogens is 300 g/mol. The molecule has 5 heteroatoms. The highest BCUT2D eigenvalue weighted by molar-refractivity contribution is 9.10. The molecule has 1 aromatic carbocycles. The second-order valence-corrected chi connectivity index (χ2v) is 5.81. The summed E-state index contributed by atoms with van der Waals surface area (Å²) in [6.45, 7) is 3.41. The van der Waals surface area contributed by atoms with E-state index in [9.17, 15) is 4.79 Å². The summed E-state index contributed by atoms with van der Waals surface area (Å²) in [5.74, 6) is -0.325. The average Bonchev–Trinajstić information content (AvgIpc) is 3.04. The van der Waals surface area contributed by atoms with E-state index in [0.29, 0.717) is 17.1 Å². The second kappa shape index (κ2) is 3.88. The Bertz CT molecular complexity index is 520. The highest BCUT2D eigenvalue weighted by Crippen LogP contribution is 2.43. The number of hydrogen-bond donors (Lipinski definition) is 0. The number of fused-ring (bicyclic) bond motifs is 1. The van der Waals surface area contributed by atoms with Gasteiger partial charge < -0.3 is 14.2 Å². The molecule has 4 nitrogen and oxygen atoms in total. The molecule has 18 heavy (non-hydrogen) atoms. The Labute approximate surface area is 113 Å². The summed E-state index contributed by atoms with van der Waals surface area (Å²) >= 11 is 3.39. The van der Waals surface area contributed by atoms with E-state index in [1.807, 2.05) is 6.07 Å². The molecule has 1 heterocycles. The zero-order chi connectivity index (χ0) is 12.9. The third-order valence-corrected chi connectivity index (χ3v) is 3.40. The van der Waals surface area contributed by atoms with Crippen molar-refractivity contribution in [2.75, 3.05) is 0 Å². The minimum absolute atomic E-state index is 0.220. The lowest BCUT2D eigenvalue weighted by Gasteiger charge is -2.32. The summed E-state index contributed by atoms with van der Waals surface area (Å²) in [4.78, 5) is 12.1. The Hall–Kier alpha value is -1.23. The van der Waals surface area contributed by atoms with Crippen LogP contribution in [0.15, 0.2) is 16.6 Å². The fraction of sp³-hybridized carbons (Fsp3) is 0.462. The summed E-state index contributed by atoms with van der Waals surface area (Å²) in [5, 5.41) is 0. The van der Waals surface area contributed by atoms with Crippen LogP contribution in [0.1, 0.15) is 37.0 Å². The smallest absolute Gasteiger partial charge is 0.349 e. The normalized spacial score (nSPS) is 20.7. The number of rotatable bonds is 2. The summed E-state index contributed by atoms with van der Waals surface area (Å²) in [5.41, 5.74) is 0.371. The minimum atomic E-state index is -0.954. The number of benzene rings is 1. The fourth-order valence-electron chi connectivity index (χ4n) is 1.84. The lowest BCUT2D eigenvalue weighted by molar-refractivity contribution is -0.128. The van der Waals surface area contributed by atoms with Crippen molar-refractivity contribution < 1.29 is 19.0 Å². The van der Waals surface area contributed by atoms with Crippen LogP contribution in [0.3, 0.4) is 0 Å². The molecule has 0 radical (unpaired) electrons. The van der Waals surface area contributed by atoms with E-state index in [-0.39, 0.29) is 6.10 Å². The number of hydrogen-bond acceptors (Lipinski definition) is 4. The van der Waals surface area contributed by atoms with Gasteiger partial charge >= 0.3 is 5.97 Å². The molecule has 96 valence electrons. The molecule has 1 fully saturated rings. The van der Waals surface area contributed by atoms with Crippen LogP contribution in [-0.4, -0.2) is 17.9 Å². The Kier molecular flexibility index (Phi) is 2.55. The fourth-order valence-corrected chi connectivity index (χ4v) is 2.25. The van der Waals surface area contributed by atoms with E-state index in [2.05, 4.69) is 15.9 Å². The van der Waals surface area contributed by atoms with Crippen molar-refractivity contribution in [2.45, 2.75) is 38.6 Å². The zero-order valence-electron chi connectivity index (χ0n) is 10.2. The number of carbonyl (C=O) groups is 1. The topological polar surface area (TPSA) is 44.8 Å². The third-order valence-electron chi connectivity index (χ3n) is 2.78. The van der Waals surface area contributed by atoms with Crippen molar-refractivity contribution >= 4 is 21.9 Å². The van der Waals surface area contributed by atoms with E-state index >= 15 is 0 Å². The zero-order valence-corrected chi connectivity index (χ0v) is 11.7. The lowest BCUT2D eigenvalue weighted by atomic mass is 10.1. The van der Waals surface area contributed by atoms with Gasteiger partial charge in [-0.2, -0.15) is 0 Å². The number of carbonyl (C=O) groups excluding carboxylic acids is 1. The summed E-state index contributed by atoms with van der Waals surface area (Å²) in [6, 6.07) is 3.59. The number of halogens is 1. The van der Waals surface area contributed by atoms with Crippen molar-refractivity contribution in [3.63, 3.8) is 0 Å². The first-order valence-electron chi connectivity index (χ1n) is 5.88. The highest BCUT2D eigenvalue weighted by Gasteiger charge is 2.38. The maximum atomic E-state index is 12.1. The lowest BCUT2D eigenvalue weighted by Crippen LogP contribution is -2.39. The molecule has 2 aliphatic rings. The molecule has 1 aliphatic carbocycles. The summed E-state index contributed by atoms with van der Waals surface area (Å²) < 4.78 is 17.4. The summed E-state index contributed by atoms with van der Waals surface area (Å²) in [7, 11) is 0. The minimum Gasteiger partial charge on any atom is -0.489 e. The van der Waals surface area contributed by atoms with Gasteiger partial charge in [0.25, 0.3) is 0 Å². The second-order valence-electron chi connectivity index (χ2n) is 4.96. The largest absolute Gasteiger partial charge is 0.489 e. The summed E-state index contributed by atoms with van der Waals surface area (Å²) in [6.07, 6.45) is 2.29. The predicted octanol–water partition coefficient (Wildman–Crippen LogP) is 3.28. The van der Waals surface area contributed by atoms with Crippen LogP contribution in [0.5, 0.6) is 11.5 Å².